The zero-order valence-electron chi connectivity index (χ0n) is 6.29. The summed E-state index contributed by atoms with van der Waals surface area (Å²) in [7, 11) is 1.19. The number of carbonyl (C=O) groups is 2. The van der Waals surface area contributed by atoms with Gasteiger partial charge in [-0.15, -0.1) is 0 Å². The average molecular weight is 162 g/mol. The fourth-order valence-electron chi connectivity index (χ4n) is 0.397. The van der Waals surface area contributed by atoms with Crippen molar-refractivity contribution in [2.75, 3.05) is 7.11 Å². The van der Waals surface area contributed by atoms with Gasteiger partial charge in [-0.2, -0.15) is 5.90 Å². The number of ether oxygens (including phenoxy) is 1. The van der Waals surface area contributed by atoms with Crippen LogP contribution in [0, 0.1) is 0 Å². The van der Waals surface area contributed by atoms with Crippen LogP contribution in [0.1, 0.15) is 6.92 Å². The largest absolute Gasteiger partial charge is 0.453 e. The van der Waals surface area contributed by atoms with E-state index >= 15 is 0 Å². The molecule has 0 aliphatic carbocycles. The van der Waals surface area contributed by atoms with E-state index in [2.05, 4.69) is 20.8 Å². The highest BCUT2D eigenvalue weighted by Crippen LogP contribution is 1.84. The van der Waals surface area contributed by atoms with Crippen LogP contribution in [0.15, 0.2) is 0 Å². The molecule has 0 aromatic heterocycles. The van der Waals surface area contributed by atoms with Crippen LogP contribution < -0.4 is 11.2 Å². The van der Waals surface area contributed by atoms with Gasteiger partial charge in [0, 0.05) is 0 Å². The summed E-state index contributed by atoms with van der Waals surface area (Å²) in [6.07, 6.45) is -0.706. The molecule has 0 saturated heterocycles. The molecule has 0 aliphatic rings. The van der Waals surface area contributed by atoms with Gasteiger partial charge >= 0.3 is 12.1 Å². The van der Waals surface area contributed by atoms with Gasteiger partial charge in [-0.3, -0.25) is 0 Å². The Hall–Kier alpha value is -1.30. The fraction of sp³-hybridized carbons (Fsp3) is 0.600. The molecule has 11 heavy (non-hydrogen) atoms. The number of rotatable bonds is 2. The monoisotopic (exact) mass is 162 g/mol. The molecule has 0 unspecified atom stereocenters. The first-order chi connectivity index (χ1) is 5.11. The molecule has 1 amide bonds. The summed E-state index contributed by atoms with van der Waals surface area (Å²) < 4.78 is 4.22. The zero-order chi connectivity index (χ0) is 8.85. The molecule has 0 aromatic rings. The van der Waals surface area contributed by atoms with Crippen molar-refractivity contribution in [1.29, 1.82) is 0 Å². The van der Waals surface area contributed by atoms with E-state index in [1.54, 1.807) is 0 Å². The molecule has 3 N–H and O–H groups in total. The smallest absolute Gasteiger partial charge is 0.407 e. The highest BCUT2D eigenvalue weighted by Gasteiger charge is 2.15. The summed E-state index contributed by atoms with van der Waals surface area (Å²) in [6, 6.07) is -0.799. The minimum Gasteiger partial charge on any atom is -0.453 e. The topological polar surface area (TPSA) is 90.6 Å². The van der Waals surface area contributed by atoms with Crippen molar-refractivity contribution >= 4 is 12.1 Å². The number of methoxy groups -OCH3 is 1. The molecule has 6 heteroatoms. The molecule has 0 aromatic carbocycles. The molecule has 64 valence electrons. The quantitative estimate of drug-likeness (QED) is 0.516. The number of amides is 1. The number of hydrogen-bond donors (Lipinski definition) is 2. The van der Waals surface area contributed by atoms with E-state index in [-0.39, 0.29) is 0 Å². The lowest BCUT2D eigenvalue weighted by Gasteiger charge is -2.08. The highest BCUT2D eigenvalue weighted by molar-refractivity contribution is 5.80. The van der Waals surface area contributed by atoms with Gasteiger partial charge in [0.25, 0.3) is 0 Å². The number of hydrogen-bond acceptors (Lipinski definition) is 5. The lowest BCUT2D eigenvalue weighted by atomic mass is 10.3. The lowest BCUT2D eigenvalue weighted by molar-refractivity contribution is -0.146. The van der Waals surface area contributed by atoms with Crippen molar-refractivity contribution in [2.45, 2.75) is 13.0 Å². The third-order valence-electron chi connectivity index (χ3n) is 0.989. The van der Waals surface area contributed by atoms with Gasteiger partial charge in [0.1, 0.15) is 6.04 Å². The Morgan fingerprint density at radius 2 is 2.09 bits per heavy atom. The Bertz CT molecular complexity index is 159. The summed E-state index contributed by atoms with van der Waals surface area (Å²) in [4.78, 5) is 24.9. The van der Waals surface area contributed by atoms with Crippen LogP contribution in [-0.4, -0.2) is 25.2 Å². The van der Waals surface area contributed by atoms with Crippen LogP contribution in [0.25, 0.3) is 0 Å². The summed E-state index contributed by atoms with van der Waals surface area (Å²) in [5.41, 5.74) is 0. The Balaban J connectivity index is 3.77. The Morgan fingerprint density at radius 1 is 1.55 bits per heavy atom. The maximum absolute atomic E-state index is 10.5. The van der Waals surface area contributed by atoms with E-state index in [1.165, 1.54) is 14.0 Å². The van der Waals surface area contributed by atoms with E-state index in [1.807, 2.05) is 0 Å². The first kappa shape index (κ1) is 9.70. The molecule has 0 rings (SSSR count). The predicted molar refractivity (Wildman–Crippen MR) is 35.3 cm³/mol. The van der Waals surface area contributed by atoms with E-state index in [4.69, 9.17) is 0 Å². The molecular formula is C5H10N2O4. The van der Waals surface area contributed by atoms with Crippen molar-refractivity contribution < 1.29 is 19.2 Å². The van der Waals surface area contributed by atoms with Crippen LogP contribution in [0.4, 0.5) is 4.79 Å². The number of carbonyl (C=O) groups excluding carboxylic acids is 2. The van der Waals surface area contributed by atoms with Gasteiger partial charge in [-0.25, -0.2) is 9.59 Å². The molecule has 6 nitrogen and oxygen atoms in total. The third kappa shape index (κ3) is 3.41. The average Bonchev–Trinajstić information content (AvgIpc) is 2.02. The van der Waals surface area contributed by atoms with E-state index in [0.717, 1.165) is 0 Å². The van der Waals surface area contributed by atoms with Gasteiger partial charge in [0.05, 0.1) is 7.11 Å². The molecule has 0 spiro atoms. The van der Waals surface area contributed by atoms with Crippen LogP contribution in [0.2, 0.25) is 0 Å². The van der Waals surface area contributed by atoms with E-state index in [9.17, 15) is 9.59 Å². The lowest BCUT2D eigenvalue weighted by Crippen LogP contribution is -2.40. The molecule has 0 bridgehead atoms. The van der Waals surface area contributed by atoms with E-state index < -0.39 is 18.1 Å². The predicted octanol–water partition coefficient (Wildman–Crippen LogP) is -0.852. The van der Waals surface area contributed by atoms with Gasteiger partial charge < -0.3 is 14.9 Å². The molecule has 0 heterocycles. The zero-order valence-corrected chi connectivity index (χ0v) is 6.29. The maximum atomic E-state index is 10.5. The van der Waals surface area contributed by atoms with Crippen molar-refractivity contribution in [1.82, 2.24) is 5.32 Å². The standard InChI is InChI=1S/C5H10N2O4/c1-3(4(8)11-6)7-5(9)10-2/h3H,6H2,1-2H3,(H,7,9)/t3-/m0/s1. The first-order valence-electron chi connectivity index (χ1n) is 2.87. The third-order valence-corrected chi connectivity index (χ3v) is 0.989. The van der Waals surface area contributed by atoms with Crippen LogP contribution in [-0.2, 0) is 14.4 Å². The number of nitrogens with two attached hydrogens (primary N) is 1. The van der Waals surface area contributed by atoms with Gasteiger partial charge in [-0.1, -0.05) is 0 Å². The summed E-state index contributed by atoms with van der Waals surface area (Å²) >= 11 is 0. The van der Waals surface area contributed by atoms with Crippen LogP contribution >= 0.6 is 0 Å². The fourth-order valence-corrected chi connectivity index (χ4v) is 0.397. The Kier molecular flexibility index (Phi) is 3.97. The maximum Gasteiger partial charge on any atom is 0.407 e. The molecule has 0 aliphatic heterocycles. The van der Waals surface area contributed by atoms with Crippen molar-refractivity contribution in [3.8, 4) is 0 Å². The molecular weight excluding hydrogens is 152 g/mol. The molecule has 0 radical (unpaired) electrons. The SMILES string of the molecule is COC(=O)N[C@@H](C)C(=O)ON. The second-order valence-electron chi connectivity index (χ2n) is 1.79. The highest BCUT2D eigenvalue weighted by atomic mass is 16.7. The van der Waals surface area contributed by atoms with Gasteiger partial charge in [0.15, 0.2) is 0 Å². The summed E-state index contributed by atoms with van der Waals surface area (Å²) in [5, 5.41) is 2.16. The van der Waals surface area contributed by atoms with Gasteiger partial charge in [-0.05, 0) is 6.92 Å². The second-order valence-corrected chi connectivity index (χ2v) is 1.79. The molecule has 1 atom stereocenters. The second kappa shape index (κ2) is 4.51. The number of alkyl carbamates (subject to hydrolysis) is 1. The van der Waals surface area contributed by atoms with Crippen molar-refractivity contribution in [3.63, 3.8) is 0 Å². The Morgan fingerprint density at radius 3 is 2.45 bits per heavy atom. The van der Waals surface area contributed by atoms with E-state index in [0.29, 0.717) is 0 Å². The van der Waals surface area contributed by atoms with Gasteiger partial charge in [0.2, 0.25) is 0 Å². The van der Waals surface area contributed by atoms with Crippen molar-refractivity contribution in [2.24, 2.45) is 5.90 Å². The first-order valence-corrected chi connectivity index (χ1v) is 2.87. The summed E-state index contributed by atoms with van der Waals surface area (Å²) in [6.45, 7) is 1.42. The van der Waals surface area contributed by atoms with Crippen molar-refractivity contribution in [3.05, 3.63) is 0 Å². The normalized spacial score (nSPS) is 11.5. The molecule has 0 fully saturated rings. The molecule has 0 saturated carbocycles. The summed E-state index contributed by atoms with van der Waals surface area (Å²) in [5.74, 6) is 3.82. The van der Waals surface area contributed by atoms with Crippen LogP contribution in [0.5, 0.6) is 0 Å². The number of nitrogens with one attached hydrogen (secondary N) is 1. The van der Waals surface area contributed by atoms with Crippen LogP contribution in [0.3, 0.4) is 0 Å². The minimum absolute atomic E-state index is 0.706. The Labute approximate surface area is 63.6 Å². The minimum atomic E-state index is -0.799.